The molecule has 0 amide bonds. The standard InChI is InChI=1S/C16H26N2/c1-12-5-6-15(13(2)9-12)16(3,4)11-18-14-7-8-17-10-14/h5-6,9,14,17-18H,7-8,10-11H2,1-4H3. The van der Waals surface area contributed by atoms with E-state index in [-0.39, 0.29) is 5.41 Å². The van der Waals surface area contributed by atoms with Gasteiger partial charge in [-0.15, -0.1) is 0 Å². The second-order valence-corrected chi connectivity index (χ2v) is 6.27. The summed E-state index contributed by atoms with van der Waals surface area (Å²) < 4.78 is 0. The summed E-state index contributed by atoms with van der Waals surface area (Å²) in [5, 5.41) is 7.10. The molecule has 0 aromatic heterocycles. The molecule has 1 aliphatic rings. The van der Waals surface area contributed by atoms with Crippen LogP contribution in [-0.2, 0) is 5.41 Å². The third-order valence-electron chi connectivity index (χ3n) is 4.00. The van der Waals surface area contributed by atoms with Crippen molar-refractivity contribution in [3.8, 4) is 0 Å². The Morgan fingerprint density at radius 1 is 1.33 bits per heavy atom. The van der Waals surface area contributed by atoms with Crippen molar-refractivity contribution in [2.24, 2.45) is 0 Å². The van der Waals surface area contributed by atoms with Gasteiger partial charge in [0, 0.05) is 24.5 Å². The molecule has 2 rings (SSSR count). The molecule has 1 heterocycles. The molecule has 0 bridgehead atoms. The fourth-order valence-corrected chi connectivity index (χ4v) is 2.90. The van der Waals surface area contributed by atoms with Crippen LogP contribution in [-0.4, -0.2) is 25.7 Å². The highest BCUT2D eigenvalue weighted by atomic mass is 15.0. The molecule has 1 aromatic carbocycles. The molecule has 1 saturated heterocycles. The molecular formula is C16H26N2. The Labute approximate surface area is 111 Å². The fourth-order valence-electron chi connectivity index (χ4n) is 2.90. The zero-order chi connectivity index (χ0) is 13.2. The first-order valence-corrected chi connectivity index (χ1v) is 7.01. The van der Waals surface area contributed by atoms with E-state index < -0.39 is 0 Å². The number of hydrogen-bond acceptors (Lipinski definition) is 2. The normalized spacial score (nSPS) is 20.3. The summed E-state index contributed by atoms with van der Waals surface area (Å²) in [4.78, 5) is 0. The van der Waals surface area contributed by atoms with Crippen molar-refractivity contribution in [3.05, 3.63) is 34.9 Å². The minimum atomic E-state index is 0.195. The zero-order valence-corrected chi connectivity index (χ0v) is 12.1. The van der Waals surface area contributed by atoms with Crippen molar-refractivity contribution in [2.75, 3.05) is 19.6 Å². The predicted molar refractivity (Wildman–Crippen MR) is 78.2 cm³/mol. The predicted octanol–water partition coefficient (Wildman–Crippen LogP) is 2.53. The molecule has 2 nitrogen and oxygen atoms in total. The summed E-state index contributed by atoms with van der Waals surface area (Å²) in [6, 6.07) is 7.45. The van der Waals surface area contributed by atoms with Gasteiger partial charge in [0.1, 0.15) is 0 Å². The molecule has 0 saturated carbocycles. The van der Waals surface area contributed by atoms with E-state index in [0.29, 0.717) is 6.04 Å². The van der Waals surface area contributed by atoms with Crippen LogP contribution in [0.5, 0.6) is 0 Å². The van der Waals surface area contributed by atoms with Gasteiger partial charge in [0.15, 0.2) is 0 Å². The molecule has 0 radical (unpaired) electrons. The smallest absolute Gasteiger partial charge is 0.0204 e. The van der Waals surface area contributed by atoms with E-state index in [4.69, 9.17) is 0 Å². The van der Waals surface area contributed by atoms with Crippen LogP contribution >= 0.6 is 0 Å². The Kier molecular flexibility index (Phi) is 4.08. The van der Waals surface area contributed by atoms with Crippen molar-refractivity contribution in [3.63, 3.8) is 0 Å². The quantitative estimate of drug-likeness (QED) is 0.853. The maximum atomic E-state index is 3.70. The zero-order valence-electron chi connectivity index (χ0n) is 12.1. The van der Waals surface area contributed by atoms with Gasteiger partial charge in [-0.2, -0.15) is 0 Å². The van der Waals surface area contributed by atoms with Crippen molar-refractivity contribution < 1.29 is 0 Å². The van der Waals surface area contributed by atoms with Gasteiger partial charge in [-0.1, -0.05) is 37.6 Å². The SMILES string of the molecule is Cc1ccc(C(C)(C)CNC2CCNC2)c(C)c1. The van der Waals surface area contributed by atoms with E-state index in [9.17, 15) is 0 Å². The summed E-state index contributed by atoms with van der Waals surface area (Å²) in [7, 11) is 0. The maximum Gasteiger partial charge on any atom is 0.0204 e. The summed E-state index contributed by atoms with van der Waals surface area (Å²) in [6.45, 7) is 12.4. The molecule has 2 N–H and O–H groups in total. The van der Waals surface area contributed by atoms with Crippen molar-refractivity contribution in [2.45, 2.75) is 45.6 Å². The number of hydrogen-bond donors (Lipinski definition) is 2. The van der Waals surface area contributed by atoms with Gasteiger partial charge in [-0.25, -0.2) is 0 Å². The first kappa shape index (κ1) is 13.6. The minimum absolute atomic E-state index is 0.195. The highest BCUT2D eigenvalue weighted by Gasteiger charge is 2.24. The molecule has 2 heteroatoms. The fraction of sp³-hybridized carbons (Fsp3) is 0.625. The number of benzene rings is 1. The van der Waals surface area contributed by atoms with Gasteiger partial charge < -0.3 is 10.6 Å². The van der Waals surface area contributed by atoms with Crippen LogP contribution in [0.15, 0.2) is 18.2 Å². The van der Waals surface area contributed by atoms with E-state index in [1.54, 1.807) is 0 Å². The second-order valence-electron chi connectivity index (χ2n) is 6.27. The van der Waals surface area contributed by atoms with Gasteiger partial charge in [0.25, 0.3) is 0 Å². The maximum absolute atomic E-state index is 3.70. The Bertz CT molecular complexity index is 404. The summed E-state index contributed by atoms with van der Waals surface area (Å²) in [5.74, 6) is 0. The lowest BCUT2D eigenvalue weighted by atomic mass is 9.81. The molecule has 1 aliphatic heterocycles. The Morgan fingerprint density at radius 2 is 2.11 bits per heavy atom. The van der Waals surface area contributed by atoms with Gasteiger partial charge in [0.2, 0.25) is 0 Å². The monoisotopic (exact) mass is 246 g/mol. The highest BCUT2D eigenvalue weighted by molar-refractivity contribution is 5.35. The molecule has 1 aromatic rings. The van der Waals surface area contributed by atoms with Gasteiger partial charge in [-0.3, -0.25) is 0 Å². The van der Waals surface area contributed by atoms with Crippen molar-refractivity contribution in [1.29, 1.82) is 0 Å². The molecule has 100 valence electrons. The summed E-state index contributed by atoms with van der Waals surface area (Å²) in [5.41, 5.74) is 4.42. The van der Waals surface area contributed by atoms with Crippen LogP contribution in [0.3, 0.4) is 0 Å². The Balaban J connectivity index is 2.04. The lowest BCUT2D eigenvalue weighted by Gasteiger charge is -2.29. The largest absolute Gasteiger partial charge is 0.315 e. The van der Waals surface area contributed by atoms with Gasteiger partial charge >= 0.3 is 0 Å². The molecular weight excluding hydrogens is 220 g/mol. The van der Waals surface area contributed by atoms with E-state index in [1.807, 2.05) is 0 Å². The molecule has 1 atom stereocenters. The Hall–Kier alpha value is -0.860. The van der Waals surface area contributed by atoms with Gasteiger partial charge in [-0.05, 0) is 37.9 Å². The van der Waals surface area contributed by atoms with E-state index in [1.165, 1.54) is 23.1 Å². The van der Waals surface area contributed by atoms with Crippen molar-refractivity contribution in [1.82, 2.24) is 10.6 Å². The first-order chi connectivity index (χ1) is 8.49. The Morgan fingerprint density at radius 3 is 2.72 bits per heavy atom. The van der Waals surface area contributed by atoms with Gasteiger partial charge in [0.05, 0.1) is 0 Å². The summed E-state index contributed by atoms with van der Waals surface area (Å²) in [6.07, 6.45) is 1.25. The van der Waals surface area contributed by atoms with Crippen LogP contribution in [0.2, 0.25) is 0 Å². The van der Waals surface area contributed by atoms with E-state index in [2.05, 4.69) is 56.5 Å². The molecule has 18 heavy (non-hydrogen) atoms. The van der Waals surface area contributed by atoms with Crippen LogP contribution in [0.4, 0.5) is 0 Å². The number of nitrogens with one attached hydrogen (secondary N) is 2. The molecule has 1 unspecified atom stereocenters. The van der Waals surface area contributed by atoms with Crippen LogP contribution < -0.4 is 10.6 Å². The topological polar surface area (TPSA) is 24.1 Å². The van der Waals surface area contributed by atoms with Crippen LogP contribution in [0.25, 0.3) is 0 Å². The lowest BCUT2D eigenvalue weighted by molar-refractivity contribution is 0.427. The average molecular weight is 246 g/mol. The highest BCUT2D eigenvalue weighted by Crippen LogP contribution is 2.26. The third-order valence-corrected chi connectivity index (χ3v) is 4.00. The molecule has 0 spiro atoms. The lowest BCUT2D eigenvalue weighted by Crippen LogP contribution is -2.40. The summed E-state index contributed by atoms with van der Waals surface area (Å²) >= 11 is 0. The third kappa shape index (κ3) is 3.12. The average Bonchev–Trinajstić information content (AvgIpc) is 2.78. The van der Waals surface area contributed by atoms with E-state index in [0.717, 1.165) is 19.6 Å². The molecule has 1 fully saturated rings. The van der Waals surface area contributed by atoms with Crippen LogP contribution in [0.1, 0.15) is 37.0 Å². The van der Waals surface area contributed by atoms with E-state index >= 15 is 0 Å². The number of rotatable bonds is 4. The molecule has 0 aliphatic carbocycles. The number of aryl methyl sites for hydroxylation is 2. The first-order valence-electron chi connectivity index (χ1n) is 7.01. The van der Waals surface area contributed by atoms with Crippen molar-refractivity contribution >= 4 is 0 Å². The van der Waals surface area contributed by atoms with Crippen LogP contribution in [0, 0.1) is 13.8 Å². The minimum Gasteiger partial charge on any atom is -0.315 e. The second kappa shape index (κ2) is 5.41.